The summed E-state index contributed by atoms with van der Waals surface area (Å²) in [6.07, 6.45) is -0.822. The molecule has 0 heterocycles. The summed E-state index contributed by atoms with van der Waals surface area (Å²) in [6.45, 7) is 5.18. The molecule has 3 N–H and O–H groups in total. The van der Waals surface area contributed by atoms with Crippen LogP contribution in [0.4, 0.5) is 4.79 Å². The third-order valence-corrected chi connectivity index (χ3v) is 2.30. The van der Waals surface area contributed by atoms with Gasteiger partial charge in [0.05, 0.1) is 18.5 Å². The molecule has 112 valence electrons. The normalized spacial score (nSPS) is 13.6. The van der Waals surface area contributed by atoms with E-state index in [4.69, 9.17) is 24.4 Å². The van der Waals surface area contributed by atoms with Crippen LogP contribution in [0.1, 0.15) is 19.8 Å². The van der Waals surface area contributed by atoms with Crippen molar-refractivity contribution in [2.24, 2.45) is 0 Å². The molecule has 0 aromatic rings. The molecule has 7 heteroatoms. The minimum atomic E-state index is -0.726. The van der Waals surface area contributed by atoms with Crippen LogP contribution in [-0.4, -0.2) is 55.6 Å². The molecule has 0 aromatic carbocycles. The van der Waals surface area contributed by atoms with Crippen molar-refractivity contribution >= 4 is 6.09 Å². The minimum absolute atomic E-state index is 0.00728. The molecule has 7 nitrogen and oxygen atoms in total. The van der Waals surface area contributed by atoms with Crippen molar-refractivity contribution < 1.29 is 29.2 Å². The average molecular weight is 277 g/mol. The van der Waals surface area contributed by atoms with E-state index in [1.165, 1.54) is 7.11 Å². The quantitative estimate of drug-likeness (QED) is 0.406. The van der Waals surface area contributed by atoms with Gasteiger partial charge in [0.2, 0.25) is 0 Å². The van der Waals surface area contributed by atoms with Crippen molar-refractivity contribution in [3.05, 3.63) is 12.3 Å². The van der Waals surface area contributed by atoms with Crippen LogP contribution in [0.3, 0.4) is 0 Å². The highest BCUT2D eigenvalue weighted by molar-refractivity contribution is 5.67. The highest BCUT2D eigenvalue weighted by Crippen LogP contribution is 2.04. The molecule has 0 aromatic heterocycles. The first-order chi connectivity index (χ1) is 9.03. The van der Waals surface area contributed by atoms with E-state index in [9.17, 15) is 4.79 Å². The van der Waals surface area contributed by atoms with Gasteiger partial charge >= 0.3 is 6.09 Å². The second-order valence-electron chi connectivity index (χ2n) is 3.86. The van der Waals surface area contributed by atoms with Crippen LogP contribution in [0.5, 0.6) is 0 Å². The molecule has 0 saturated carbocycles. The Morgan fingerprint density at radius 1 is 1.47 bits per heavy atom. The molecule has 0 fully saturated rings. The monoisotopic (exact) mass is 277 g/mol. The highest BCUT2D eigenvalue weighted by Gasteiger charge is 2.16. The number of carbonyl (C=O) groups is 1. The second kappa shape index (κ2) is 10.6. The summed E-state index contributed by atoms with van der Waals surface area (Å²) in [5, 5.41) is 20.2. The first-order valence-corrected chi connectivity index (χ1v) is 6.09. The molecule has 0 aliphatic rings. The summed E-state index contributed by atoms with van der Waals surface area (Å²) in [6, 6.07) is 0. The van der Waals surface area contributed by atoms with Gasteiger partial charge in [0, 0.05) is 20.1 Å². The topological polar surface area (TPSA) is 97.3 Å². The van der Waals surface area contributed by atoms with Gasteiger partial charge in [-0.1, -0.05) is 13.5 Å². The number of methoxy groups -OCH3 is 1. The van der Waals surface area contributed by atoms with E-state index in [1.54, 1.807) is 0 Å². The molecule has 19 heavy (non-hydrogen) atoms. The number of hydrogen-bond donors (Lipinski definition) is 3. The Morgan fingerprint density at radius 3 is 2.63 bits per heavy atom. The molecule has 0 saturated heterocycles. The number of alkyl carbamates (subject to hydrolysis) is 1. The first kappa shape index (κ1) is 17.7. The molecular formula is C12H23NO6. The Balaban J connectivity index is 3.86. The number of hydrogen-bond acceptors (Lipinski definition) is 6. The van der Waals surface area contributed by atoms with E-state index in [1.807, 2.05) is 6.92 Å². The van der Waals surface area contributed by atoms with Gasteiger partial charge in [-0.05, 0) is 6.42 Å². The van der Waals surface area contributed by atoms with Crippen LogP contribution in [0.15, 0.2) is 12.3 Å². The molecule has 0 aliphatic carbocycles. The van der Waals surface area contributed by atoms with Crippen molar-refractivity contribution in [3.63, 3.8) is 0 Å². The fourth-order valence-electron chi connectivity index (χ4n) is 1.15. The van der Waals surface area contributed by atoms with E-state index in [2.05, 4.69) is 11.9 Å². The summed E-state index contributed by atoms with van der Waals surface area (Å²) in [5.41, 5.74) is 0. The van der Waals surface area contributed by atoms with Crippen LogP contribution in [0.2, 0.25) is 0 Å². The van der Waals surface area contributed by atoms with Crippen molar-refractivity contribution in [3.8, 4) is 0 Å². The van der Waals surface area contributed by atoms with Crippen LogP contribution in [-0.2, 0) is 14.2 Å². The van der Waals surface area contributed by atoms with Crippen molar-refractivity contribution in [2.75, 3.05) is 26.9 Å². The zero-order valence-corrected chi connectivity index (χ0v) is 11.4. The third kappa shape index (κ3) is 9.29. The number of aliphatic hydroxyl groups is 2. The van der Waals surface area contributed by atoms with Crippen LogP contribution < -0.4 is 5.32 Å². The van der Waals surface area contributed by atoms with E-state index >= 15 is 0 Å². The summed E-state index contributed by atoms with van der Waals surface area (Å²) in [4.78, 5) is 11.3. The lowest BCUT2D eigenvalue weighted by Crippen LogP contribution is -2.33. The Labute approximate surface area is 113 Å². The van der Waals surface area contributed by atoms with Crippen molar-refractivity contribution in [1.82, 2.24) is 5.32 Å². The molecule has 2 unspecified atom stereocenters. The largest absolute Gasteiger partial charge is 0.513 e. The van der Waals surface area contributed by atoms with E-state index in [-0.39, 0.29) is 38.0 Å². The minimum Gasteiger partial charge on any atom is -0.513 e. The summed E-state index contributed by atoms with van der Waals surface area (Å²) >= 11 is 0. The standard InChI is InChI=1S/C12H23NO6/c1-4-10(7-14)19-11(17-3)8-18-12(16)13-6-5-9(2)15/h10-11,14-15H,2,4-8H2,1,3H3,(H,13,16). The molecule has 1 amide bonds. The van der Waals surface area contributed by atoms with Gasteiger partial charge in [-0.2, -0.15) is 0 Å². The second-order valence-corrected chi connectivity index (χ2v) is 3.86. The van der Waals surface area contributed by atoms with Gasteiger partial charge in [0.25, 0.3) is 0 Å². The number of carbonyl (C=O) groups excluding carboxylic acids is 1. The molecule has 0 rings (SSSR count). The Hall–Kier alpha value is -1.31. The predicted molar refractivity (Wildman–Crippen MR) is 68.8 cm³/mol. The van der Waals surface area contributed by atoms with Crippen LogP contribution in [0, 0.1) is 0 Å². The van der Waals surface area contributed by atoms with Gasteiger partial charge in [-0.3, -0.25) is 0 Å². The zero-order valence-electron chi connectivity index (χ0n) is 11.4. The van der Waals surface area contributed by atoms with Gasteiger partial charge < -0.3 is 29.7 Å². The molecule has 2 atom stereocenters. The number of rotatable bonds is 10. The number of nitrogens with one attached hydrogen (secondary N) is 1. The lowest BCUT2D eigenvalue weighted by atomic mass is 10.3. The van der Waals surface area contributed by atoms with E-state index in [0.29, 0.717) is 6.42 Å². The van der Waals surface area contributed by atoms with Crippen LogP contribution >= 0.6 is 0 Å². The highest BCUT2D eigenvalue weighted by atomic mass is 16.7. The number of ether oxygens (including phenoxy) is 3. The van der Waals surface area contributed by atoms with Crippen molar-refractivity contribution in [2.45, 2.75) is 32.2 Å². The number of aliphatic hydroxyl groups excluding tert-OH is 2. The molecule has 0 aliphatic heterocycles. The lowest BCUT2D eigenvalue weighted by Gasteiger charge is -2.21. The maximum absolute atomic E-state index is 11.3. The predicted octanol–water partition coefficient (Wildman–Crippen LogP) is 0.934. The maximum atomic E-state index is 11.3. The molecular weight excluding hydrogens is 254 g/mol. The van der Waals surface area contributed by atoms with Gasteiger partial charge in [0.15, 0.2) is 6.29 Å². The molecule has 0 bridgehead atoms. The average Bonchev–Trinajstić information content (AvgIpc) is 2.38. The first-order valence-electron chi connectivity index (χ1n) is 6.09. The van der Waals surface area contributed by atoms with E-state index in [0.717, 1.165) is 0 Å². The van der Waals surface area contributed by atoms with Gasteiger partial charge in [0.1, 0.15) is 6.61 Å². The molecule has 0 spiro atoms. The SMILES string of the molecule is C=C(O)CCNC(=O)OCC(OC)OC(CC)CO. The fraction of sp³-hybridized carbons (Fsp3) is 0.750. The van der Waals surface area contributed by atoms with Crippen molar-refractivity contribution in [1.29, 1.82) is 0 Å². The number of amides is 1. The molecule has 0 radical (unpaired) electrons. The Morgan fingerprint density at radius 2 is 2.16 bits per heavy atom. The summed E-state index contributed by atoms with van der Waals surface area (Å²) in [5.74, 6) is -0.00728. The lowest BCUT2D eigenvalue weighted by molar-refractivity contribution is -0.181. The third-order valence-electron chi connectivity index (χ3n) is 2.30. The fourth-order valence-corrected chi connectivity index (χ4v) is 1.15. The summed E-state index contributed by atoms with van der Waals surface area (Å²) in [7, 11) is 1.42. The van der Waals surface area contributed by atoms with Gasteiger partial charge in [-0.25, -0.2) is 4.79 Å². The van der Waals surface area contributed by atoms with E-state index < -0.39 is 12.4 Å². The van der Waals surface area contributed by atoms with Crippen LogP contribution in [0.25, 0.3) is 0 Å². The van der Waals surface area contributed by atoms with Gasteiger partial charge in [-0.15, -0.1) is 0 Å². The maximum Gasteiger partial charge on any atom is 0.407 e. The zero-order chi connectivity index (χ0) is 14.7. The Kier molecular flexibility index (Phi) is 9.87. The summed E-state index contributed by atoms with van der Waals surface area (Å²) < 4.78 is 15.2. The smallest absolute Gasteiger partial charge is 0.407 e. The Bertz CT molecular complexity index is 267.